The number of ether oxygens (including phenoxy) is 1. The first kappa shape index (κ1) is 18.4. The Kier molecular flexibility index (Phi) is 5.89. The molecule has 2 aromatic carbocycles. The molecule has 1 amide bonds. The topological polar surface area (TPSA) is 58.6 Å². The summed E-state index contributed by atoms with van der Waals surface area (Å²) in [7, 11) is 0. The molecule has 5 heteroatoms. The molecule has 3 rings (SSSR count). The average molecular weight is 369 g/mol. The van der Waals surface area contributed by atoms with Crippen molar-refractivity contribution in [3.05, 3.63) is 72.0 Å². The van der Waals surface area contributed by atoms with Crippen LogP contribution >= 0.6 is 11.8 Å². The molecular weight excluding hydrogens is 346 g/mol. The van der Waals surface area contributed by atoms with Crippen LogP contribution in [0.2, 0.25) is 0 Å². The number of nitrogens with one attached hydrogen (secondary N) is 1. The summed E-state index contributed by atoms with van der Waals surface area (Å²) < 4.78 is 5.49. The van der Waals surface area contributed by atoms with Gasteiger partial charge in [-0.1, -0.05) is 55.1 Å². The van der Waals surface area contributed by atoms with E-state index in [-0.39, 0.29) is 18.3 Å². The lowest BCUT2D eigenvalue weighted by Gasteiger charge is -2.19. The second-order valence-electron chi connectivity index (χ2n) is 6.30. The molecule has 0 spiro atoms. The van der Waals surface area contributed by atoms with Crippen LogP contribution in [0.4, 0.5) is 4.79 Å². The molecule has 0 bridgehead atoms. The van der Waals surface area contributed by atoms with E-state index >= 15 is 0 Å². The van der Waals surface area contributed by atoms with Crippen molar-refractivity contribution in [2.24, 2.45) is 0 Å². The minimum atomic E-state index is -0.534. The molecule has 1 atom stereocenters. The van der Waals surface area contributed by atoms with Crippen molar-refractivity contribution >= 4 is 17.9 Å². The predicted molar refractivity (Wildman–Crippen MR) is 107 cm³/mol. The summed E-state index contributed by atoms with van der Waals surface area (Å²) >= 11 is 1.65. The highest BCUT2D eigenvalue weighted by Gasteiger charge is 2.29. The van der Waals surface area contributed by atoms with Gasteiger partial charge in [0.25, 0.3) is 0 Å². The normalized spacial score (nSPS) is 13.6. The van der Waals surface area contributed by atoms with E-state index in [0.29, 0.717) is 6.42 Å². The largest absolute Gasteiger partial charge is 0.511 e. The van der Waals surface area contributed by atoms with Crippen LogP contribution in [-0.4, -0.2) is 35.9 Å². The second kappa shape index (κ2) is 8.32. The molecular formula is C21H23NO3S. The fraction of sp³-hybridized carbons (Fsp3) is 0.286. The Morgan fingerprint density at radius 1 is 1.19 bits per heavy atom. The Morgan fingerprint density at radius 3 is 2.31 bits per heavy atom. The Labute approximate surface area is 158 Å². The van der Waals surface area contributed by atoms with Crippen LogP contribution < -0.4 is 5.32 Å². The van der Waals surface area contributed by atoms with Gasteiger partial charge >= 0.3 is 6.09 Å². The molecule has 0 fully saturated rings. The number of carbonyl (C=O) groups excluding carboxylic acids is 1. The number of alkyl carbamates (subject to hydrolysis) is 1. The number of carbonyl (C=O) groups is 1. The number of aliphatic hydroxyl groups excluding tert-OH is 1. The highest BCUT2D eigenvalue weighted by atomic mass is 32.2. The van der Waals surface area contributed by atoms with Crippen LogP contribution in [-0.2, 0) is 4.74 Å². The molecule has 0 radical (unpaired) electrons. The minimum Gasteiger partial charge on any atom is -0.511 e. The first-order valence-electron chi connectivity index (χ1n) is 8.60. The highest BCUT2D eigenvalue weighted by molar-refractivity contribution is 7.98. The van der Waals surface area contributed by atoms with Crippen molar-refractivity contribution in [2.75, 3.05) is 18.6 Å². The number of aliphatic hydroxyl groups is 1. The monoisotopic (exact) mass is 369 g/mol. The summed E-state index contributed by atoms with van der Waals surface area (Å²) in [6.07, 6.45) is 2.05. The fourth-order valence-corrected chi connectivity index (χ4v) is 3.81. The van der Waals surface area contributed by atoms with Gasteiger partial charge in [0.15, 0.2) is 0 Å². The summed E-state index contributed by atoms with van der Waals surface area (Å²) in [6.45, 7) is 3.79. The van der Waals surface area contributed by atoms with Crippen LogP contribution in [0.5, 0.6) is 0 Å². The molecule has 4 nitrogen and oxygen atoms in total. The average Bonchev–Trinajstić information content (AvgIpc) is 2.97. The Hall–Kier alpha value is -2.40. The van der Waals surface area contributed by atoms with Gasteiger partial charge in [0.2, 0.25) is 0 Å². The summed E-state index contributed by atoms with van der Waals surface area (Å²) in [6, 6.07) is 15.9. The third-order valence-electron chi connectivity index (χ3n) is 4.65. The molecule has 1 aliphatic carbocycles. The van der Waals surface area contributed by atoms with Gasteiger partial charge in [0.05, 0.1) is 6.04 Å². The van der Waals surface area contributed by atoms with E-state index < -0.39 is 12.1 Å². The van der Waals surface area contributed by atoms with Gasteiger partial charge in [-0.25, -0.2) is 4.79 Å². The van der Waals surface area contributed by atoms with E-state index in [1.165, 1.54) is 22.3 Å². The van der Waals surface area contributed by atoms with Crippen LogP contribution in [0.1, 0.15) is 23.5 Å². The molecule has 136 valence electrons. The quantitative estimate of drug-likeness (QED) is 0.694. The summed E-state index contributed by atoms with van der Waals surface area (Å²) in [5.74, 6) is 0.788. The molecule has 0 aromatic heterocycles. The Balaban J connectivity index is 1.68. The zero-order valence-corrected chi connectivity index (χ0v) is 15.6. The van der Waals surface area contributed by atoms with Gasteiger partial charge < -0.3 is 15.2 Å². The van der Waals surface area contributed by atoms with Crippen molar-refractivity contribution in [3.63, 3.8) is 0 Å². The molecule has 0 aliphatic heterocycles. The maximum absolute atomic E-state index is 12.2. The van der Waals surface area contributed by atoms with E-state index in [0.717, 1.165) is 5.75 Å². The lowest BCUT2D eigenvalue weighted by Crippen LogP contribution is -2.37. The zero-order chi connectivity index (χ0) is 18.5. The number of rotatable bonds is 7. The summed E-state index contributed by atoms with van der Waals surface area (Å²) in [4.78, 5) is 12.2. The van der Waals surface area contributed by atoms with Crippen LogP contribution in [0.3, 0.4) is 0 Å². The third-order valence-corrected chi connectivity index (χ3v) is 5.29. The fourth-order valence-electron chi connectivity index (χ4n) is 3.34. The lowest BCUT2D eigenvalue weighted by molar-refractivity contribution is 0.137. The number of hydrogen-bond acceptors (Lipinski definition) is 4. The van der Waals surface area contributed by atoms with Crippen molar-refractivity contribution in [1.29, 1.82) is 0 Å². The van der Waals surface area contributed by atoms with E-state index in [2.05, 4.69) is 36.2 Å². The first-order valence-corrected chi connectivity index (χ1v) is 9.99. The predicted octanol–water partition coefficient (Wildman–Crippen LogP) is 4.72. The maximum Gasteiger partial charge on any atom is 0.407 e. The van der Waals surface area contributed by atoms with E-state index in [9.17, 15) is 9.90 Å². The van der Waals surface area contributed by atoms with Crippen molar-refractivity contribution in [2.45, 2.75) is 18.4 Å². The Bertz CT molecular complexity index is 760. The van der Waals surface area contributed by atoms with E-state index in [1.807, 2.05) is 30.5 Å². The van der Waals surface area contributed by atoms with Gasteiger partial charge in [-0.05, 0) is 40.7 Å². The SMILES string of the molecule is C=C(O)[C@H](CCSC)NC(=O)OCC1c2ccccc2-c2ccccc21. The van der Waals surface area contributed by atoms with Crippen molar-refractivity contribution in [3.8, 4) is 11.1 Å². The number of fused-ring (bicyclic) bond motifs is 3. The van der Waals surface area contributed by atoms with Crippen molar-refractivity contribution < 1.29 is 14.6 Å². The second-order valence-corrected chi connectivity index (χ2v) is 7.28. The van der Waals surface area contributed by atoms with Crippen LogP contribution in [0.25, 0.3) is 11.1 Å². The first-order chi connectivity index (χ1) is 12.6. The number of benzene rings is 2. The van der Waals surface area contributed by atoms with Gasteiger partial charge in [-0.15, -0.1) is 0 Å². The maximum atomic E-state index is 12.2. The number of thioether (sulfide) groups is 1. The Morgan fingerprint density at radius 2 is 1.77 bits per heavy atom. The molecule has 0 heterocycles. The van der Waals surface area contributed by atoms with Crippen molar-refractivity contribution in [1.82, 2.24) is 5.32 Å². The third kappa shape index (κ3) is 3.88. The van der Waals surface area contributed by atoms with Gasteiger partial charge in [-0.3, -0.25) is 0 Å². The molecule has 2 N–H and O–H groups in total. The number of amides is 1. The molecule has 0 unspecified atom stereocenters. The highest BCUT2D eigenvalue weighted by Crippen LogP contribution is 2.44. The molecule has 1 aliphatic rings. The van der Waals surface area contributed by atoms with Gasteiger partial charge in [0.1, 0.15) is 12.4 Å². The smallest absolute Gasteiger partial charge is 0.407 e. The summed E-state index contributed by atoms with van der Waals surface area (Å²) in [5, 5.41) is 12.4. The standard InChI is InChI=1S/C21H23NO3S/c1-14(23)20(11-12-26-2)22-21(24)25-13-19-17-9-5-3-7-15(17)16-8-4-6-10-18(16)19/h3-10,19-20,23H,1,11-13H2,2H3,(H,22,24)/t20-/m0/s1. The zero-order valence-electron chi connectivity index (χ0n) is 14.8. The van der Waals surface area contributed by atoms with E-state index in [1.54, 1.807) is 11.8 Å². The summed E-state index contributed by atoms with van der Waals surface area (Å²) in [5.41, 5.74) is 4.73. The van der Waals surface area contributed by atoms with Gasteiger partial charge in [0, 0.05) is 5.92 Å². The van der Waals surface area contributed by atoms with E-state index in [4.69, 9.17) is 4.74 Å². The molecule has 0 saturated heterocycles. The van der Waals surface area contributed by atoms with Crippen LogP contribution in [0.15, 0.2) is 60.9 Å². The number of hydrogen-bond donors (Lipinski definition) is 2. The lowest BCUT2D eigenvalue weighted by atomic mass is 9.98. The molecule has 2 aromatic rings. The molecule has 26 heavy (non-hydrogen) atoms. The van der Waals surface area contributed by atoms with Crippen LogP contribution in [0, 0.1) is 0 Å². The van der Waals surface area contributed by atoms with Gasteiger partial charge in [-0.2, -0.15) is 11.8 Å². The molecule has 0 saturated carbocycles. The minimum absolute atomic E-state index is 0.0233.